The third kappa shape index (κ3) is 6.09. The number of nitrogens with one attached hydrogen (secondary N) is 1. The van der Waals surface area contributed by atoms with Gasteiger partial charge in [0.2, 0.25) is 0 Å². The van der Waals surface area contributed by atoms with Gasteiger partial charge < -0.3 is 10.4 Å². The molecule has 20 heavy (non-hydrogen) atoms. The van der Waals surface area contributed by atoms with E-state index < -0.39 is 0 Å². The van der Waals surface area contributed by atoms with Gasteiger partial charge in [-0.05, 0) is 18.7 Å². The van der Waals surface area contributed by atoms with E-state index in [9.17, 15) is 4.79 Å². The molecule has 5 heteroatoms. The van der Waals surface area contributed by atoms with Crippen LogP contribution in [0.15, 0.2) is 18.5 Å². The highest BCUT2D eigenvalue weighted by molar-refractivity contribution is 7.99. The number of aliphatic hydroxyl groups is 1. The average molecular weight is 292 g/mol. The summed E-state index contributed by atoms with van der Waals surface area (Å²) in [4.78, 5) is 16.1. The molecule has 0 radical (unpaired) electrons. The number of aromatic nitrogens is 1. The molecule has 1 aromatic heterocycles. The lowest BCUT2D eigenvalue weighted by molar-refractivity contribution is 0.0943. The molecular weight excluding hydrogens is 272 g/mol. The second-order valence-corrected chi connectivity index (χ2v) is 5.59. The maximum absolute atomic E-state index is 12.1. The van der Waals surface area contributed by atoms with Crippen molar-refractivity contribution >= 4 is 17.7 Å². The Morgan fingerprint density at radius 2 is 2.35 bits per heavy atom. The SMILES string of the molecule is CCSCC(C)NC(=O)c1cncc(C#CCCO)c1. The summed E-state index contributed by atoms with van der Waals surface area (Å²) < 4.78 is 0. The molecule has 1 rings (SSSR count). The van der Waals surface area contributed by atoms with E-state index in [1.54, 1.807) is 24.0 Å². The van der Waals surface area contributed by atoms with Crippen LogP contribution in [0.5, 0.6) is 0 Å². The number of carbonyl (C=O) groups excluding carboxylic acids is 1. The van der Waals surface area contributed by atoms with Gasteiger partial charge in [0.05, 0.1) is 12.2 Å². The van der Waals surface area contributed by atoms with Crippen LogP contribution in [0.2, 0.25) is 0 Å². The summed E-state index contributed by atoms with van der Waals surface area (Å²) in [7, 11) is 0. The summed E-state index contributed by atoms with van der Waals surface area (Å²) in [5, 5.41) is 11.6. The van der Waals surface area contributed by atoms with Gasteiger partial charge in [-0.1, -0.05) is 18.8 Å². The van der Waals surface area contributed by atoms with Crippen LogP contribution in [0.4, 0.5) is 0 Å². The lowest BCUT2D eigenvalue weighted by Gasteiger charge is -2.12. The van der Waals surface area contributed by atoms with Crippen molar-refractivity contribution in [3.63, 3.8) is 0 Å². The van der Waals surface area contributed by atoms with Crippen LogP contribution >= 0.6 is 11.8 Å². The Bertz CT molecular complexity index is 494. The molecule has 1 unspecified atom stereocenters. The first-order chi connectivity index (χ1) is 9.67. The zero-order chi connectivity index (χ0) is 14.8. The summed E-state index contributed by atoms with van der Waals surface area (Å²) in [6.07, 6.45) is 3.56. The summed E-state index contributed by atoms with van der Waals surface area (Å²) >= 11 is 1.79. The Morgan fingerprint density at radius 1 is 1.55 bits per heavy atom. The quantitative estimate of drug-likeness (QED) is 0.783. The number of thioether (sulfide) groups is 1. The number of amides is 1. The average Bonchev–Trinajstić information content (AvgIpc) is 2.45. The molecule has 2 N–H and O–H groups in total. The standard InChI is InChI=1S/C15H20N2O2S/c1-3-20-11-12(2)17-15(19)14-8-13(9-16-10-14)6-4-5-7-18/h8-10,12,18H,3,5,7,11H2,1-2H3,(H,17,19). The summed E-state index contributed by atoms with van der Waals surface area (Å²) in [6.45, 7) is 4.11. The van der Waals surface area contributed by atoms with Crippen molar-refractivity contribution in [3.8, 4) is 11.8 Å². The third-order valence-electron chi connectivity index (χ3n) is 2.42. The van der Waals surface area contributed by atoms with Gasteiger partial charge in [0.15, 0.2) is 0 Å². The highest BCUT2D eigenvalue weighted by atomic mass is 32.2. The fourth-order valence-electron chi connectivity index (χ4n) is 1.50. The number of aliphatic hydroxyl groups excluding tert-OH is 1. The van der Waals surface area contributed by atoms with Gasteiger partial charge in [-0.3, -0.25) is 9.78 Å². The summed E-state index contributed by atoms with van der Waals surface area (Å²) in [5.74, 6) is 7.48. The first kappa shape index (κ1) is 16.5. The van der Waals surface area contributed by atoms with Crippen molar-refractivity contribution in [1.29, 1.82) is 0 Å². The summed E-state index contributed by atoms with van der Waals surface area (Å²) in [5.41, 5.74) is 1.19. The first-order valence-corrected chi connectivity index (χ1v) is 7.76. The second kappa shape index (κ2) is 9.40. The summed E-state index contributed by atoms with van der Waals surface area (Å²) in [6, 6.07) is 1.84. The predicted molar refractivity (Wildman–Crippen MR) is 82.7 cm³/mol. The van der Waals surface area contributed by atoms with Crippen LogP contribution in [0.25, 0.3) is 0 Å². The van der Waals surface area contributed by atoms with Crippen molar-refractivity contribution in [2.24, 2.45) is 0 Å². The van der Waals surface area contributed by atoms with Crippen LogP contribution in [-0.4, -0.2) is 40.2 Å². The Labute approximate surface area is 124 Å². The molecule has 1 amide bonds. The molecule has 0 saturated carbocycles. The largest absolute Gasteiger partial charge is 0.395 e. The number of rotatable bonds is 6. The van der Waals surface area contributed by atoms with E-state index in [0.29, 0.717) is 17.5 Å². The topological polar surface area (TPSA) is 62.2 Å². The van der Waals surface area contributed by atoms with Gasteiger partial charge in [0, 0.05) is 36.2 Å². The number of hydrogen-bond donors (Lipinski definition) is 2. The molecule has 1 aromatic rings. The Hall–Kier alpha value is -1.51. The van der Waals surface area contributed by atoms with E-state index in [0.717, 1.165) is 11.5 Å². The third-order valence-corrected chi connectivity index (χ3v) is 3.56. The molecule has 0 spiro atoms. The minimum absolute atomic E-state index is 0.0349. The van der Waals surface area contributed by atoms with E-state index in [4.69, 9.17) is 5.11 Å². The predicted octanol–water partition coefficient (Wildman–Crippen LogP) is 1.69. The number of hydrogen-bond acceptors (Lipinski definition) is 4. The fraction of sp³-hybridized carbons (Fsp3) is 0.467. The number of pyridine rings is 1. The van der Waals surface area contributed by atoms with Gasteiger partial charge in [-0.25, -0.2) is 0 Å². The minimum atomic E-state index is -0.132. The Balaban J connectivity index is 2.64. The maximum Gasteiger partial charge on any atom is 0.253 e. The lowest BCUT2D eigenvalue weighted by Crippen LogP contribution is -2.34. The van der Waals surface area contributed by atoms with Gasteiger partial charge in [0.1, 0.15) is 0 Å². The molecule has 0 aliphatic rings. The molecule has 0 saturated heterocycles. The van der Waals surface area contributed by atoms with E-state index in [2.05, 4.69) is 29.1 Å². The van der Waals surface area contributed by atoms with Crippen LogP contribution < -0.4 is 5.32 Å². The van der Waals surface area contributed by atoms with Crippen LogP contribution in [0, 0.1) is 11.8 Å². The molecule has 0 bridgehead atoms. The van der Waals surface area contributed by atoms with E-state index in [-0.39, 0.29) is 18.6 Å². The molecule has 1 heterocycles. The Kier molecular flexibility index (Phi) is 7.78. The van der Waals surface area contributed by atoms with Crippen molar-refractivity contribution in [3.05, 3.63) is 29.6 Å². The van der Waals surface area contributed by atoms with Gasteiger partial charge in [-0.2, -0.15) is 11.8 Å². The molecule has 4 nitrogen and oxygen atoms in total. The van der Waals surface area contributed by atoms with Crippen LogP contribution in [0.3, 0.4) is 0 Å². The maximum atomic E-state index is 12.1. The molecule has 0 aliphatic carbocycles. The molecule has 1 atom stereocenters. The molecule has 0 aliphatic heterocycles. The van der Waals surface area contributed by atoms with E-state index >= 15 is 0 Å². The lowest BCUT2D eigenvalue weighted by atomic mass is 10.2. The van der Waals surface area contributed by atoms with Gasteiger partial charge in [-0.15, -0.1) is 0 Å². The minimum Gasteiger partial charge on any atom is -0.395 e. The molecular formula is C15H20N2O2S. The highest BCUT2D eigenvalue weighted by Crippen LogP contribution is 2.05. The zero-order valence-electron chi connectivity index (χ0n) is 11.8. The van der Waals surface area contributed by atoms with Crippen LogP contribution in [-0.2, 0) is 0 Å². The highest BCUT2D eigenvalue weighted by Gasteiger charge is 2.10. The molecule has 108 valence electrons. The Morgan fingerprint density at radius 3 is 3.05 bits per heavy atom. The smallest absolute Gasteiger partial charge is 0.253 e. The molecule has 0 aromatic carbocycles. The van der Waals surface area contributed by atoms with Crippen molar-refractivity contribution in [1.82, 2.24) is 10.3 Å². The van der Waals surface area contributed by atoms with Crippen LogP contribution in [0.1, 0.15) is 36.2 Å². The molecule has 0 fully saturated rings. The van der Waals surface area contributed by atoms with Gasteiger partial charge in [0.25, 0.3) is 5.91 Å². The van der Waals surface area contributed by atoms with E-state index in [1.807, 2.05) is 6.92 Å². The van der Waals surface area contributed by atoms with Crippen molar-refractivity contribution < 1.29 is 9.90 Å². The zero-order valence-corrected chi connectivity index (χ0v) is 12.7. The fourth-order valence-corrected chi connectivity index (χ4v) is 2.17. The normalized spacial score (nSPS) is 11.3. The number of nitrogens with zero attached hydrogens (tertiary/aromatic N) is 1. The van der Waals surface area contributed by atoms with E-state index in [1.165, 1.54) is 6.20 Å². The van der Waals surface area contributed by atoms with Crippen molar-refractivity contribution in [2.75, 3.05) is 18.1 Å². The second-order valence-electron chi connectivity index (χ2n) is 4.27. The first-order valence-electron chi connectivity index (χ1n) is 6.60. The number of carbonyl (C=O) groups is 1. The van der Waals surface area contributed by atoms with Gasteiger partial charge >= 0.3 is 0 Å². The monoisotopic (exact) mass is 292 g/mol. The van der Waals surface area contributed by atoms with Crippen molar-refractivity contribution in [2.45, 2.75) is 26.3 Å².